The van der Waals surface area contributed by atoms with Crippen molar-refractivity contribution in [3.05, 3.63) is 63.7 Å². The number of benzene rings is 2. The summed E-state index contributed by atoms with van der Waals surface area (Å²) in [6.45, 7) is 3.16. The van der Waals surface area contributed by atoms with Gasteiger partial charge in [0.25, 0.3) is 15.7 Å². The first-order valence-electron chi connectivity index (χ1n) is 7.48. The minimum absolute atomic E-state index is 0.213. The maximum atomic E-state index is 13.1. The highest BCUT2D eigenvalue weighted by Crippen LogP contribution is 2.33. The summed E-state index contributed by atoms with van der Waals surface area (Å²) in [7, 11) is -4.04. The highest BCUT2D eigenvalue weighted by atomic mass is 32.2. The van der Waals surface area contributed by atoms with Crippen molar-refractivity contribution in [3.8, 4) is 0 Å². The van der Waals surface area contributed by atoms with Crippen molar-refractivity contribution < 1.29 is 13.3 Å². The van der Waals surface area contributed by atoms with E-state index in [9.17, 15) is 18.5 Å². The van der Waals surface area contributed by atoms with Gasteiger partial charge >= 0.3 is 0 Å². The van der Waals surface area contributed by atoms with Crippen LogP contribution in [0.2, 0.25) is 0 Å². The first-order chi connectivity index (χ1) is 11.4. The van der Waals surface area contributed by atoms with E-state index in [1.807, 2.05) is 13.0 Å². The van der Waals surface area contributed by atoms with Crippen LogP contribution in [0.25, 0.3) is 0 Å². The minimum Gasteiger partial charge on any atom is -0.311 e. The van der Waals surface area contributed by atoms with Gasteiger partial charge in [-0.05, 0) is 30.2 Å². The Morgan fingerprint density at radius 2 is 1.92 bits per heavy atom. The van der Waals surface area contributed by atoms with Crippen LogP contribution in [0, 0.1) is 17.0 Å². The van der Waals surface area contributed by atoms with Crippen molar-refractivity contribution in [2.75, 3.05) is 17.4 Å². The molecule has 1 aliphatic rings. The lowest BCUT2D eigenvalue weighted by atomic mass is 10.1. The van der Waals surface area contributed by atoms with Crippen molar-refractivity contribution in [2.45, 2.75) is 18.4 Å². The maximum Gasteiger partial charge on any atom is 0.289 e. The van der Waals surface area contributed by atoms with Crippen molar-refractivity contribution in [1.29, 1.82) is 0 Å². The SMILES string of the molecule is Cc1cccc2c1CNCCN2S(=O)(=O)c1ccccc1[N+](=O)[O-]. The molecule has 3 rings (SSSR count). The summed E-state index contributed by atoms with van der Waals surface area (Å²) in [5.41, 5.74) is 2.02. The molecule has 7 nitrogen and oxygen atoms in total. The van der Waals surface area contributed by atoms with Crippen LogP contribution in [-0.4, -0.2) is 26.4 Å². The van der Waals surface area contributed by atoms with Gasteiger partial charge in [-0.3, -0.25) is 14.4 Å². The van der Waals surface area contributed by atoms with Crippen molar-refractivity contribution in [1.82, 2.24) is 5.32 Å². The Hall–Kier alpha value is -2.45. The number of hydrogen-bond acceptors (Lipinski definition) is 5. The highest BCUT2D eigenvalue weighted by Gasteiger charge is 2.33. The zero-order chi connectivity index (χ0) is 17.3. The molecule has 0 amide bonds. The molecule has 0 fully saturated rings. The smallest absolute Gasteiger partial charge is 0.289 e. The molecule has 0 aromatic heterocycles. The Labute approximate surface area is 140 Å². The van der Waals surface area contributed by atoms with Crippen molar-refractivity contribution >= 4 is 21.4 Å². The second-order valence-corrected chi connectivity index (χ2v) is 7.38. The third-order valence-corrected chi connectivity index (χ3v) is 5.94. The predicted molar refractivity (Wildman–Crippen MR) is 90.5 cm³/mol. The summed E-state index contributed by atoms with van der Waals surface area (Å²) in [5.74, 6) is 0. The monoisotopic (exact) mass is 347 g/mol. The average Bonchev–Trinajstić information content (AvgIpc) is 2.78. The van der Waals surface area contributed by atoms with E-state index in [1.165, 1.54) is 28.6 Å². The molecule has 2 aromatic rings. The number of aryl methyl sites for hydroxylation is 1. The van der Waals surface area contributed by atoms with Crippen LogP contribution in [0.5, 0.6) is 0 Å². The Morgan fingerprint density at radius 1 is 1.17 bits per heavy atom. The van der Waals surface area contributed by atoms with E-state index < -0.39 is 20.6 Å². The molecule has 2 aromatic carbocycles. The molecular weight excluding hydrogens is 330 g/mol. The fraction of sp³-hybridized carbons (Fsp3) is 0.250. The van der Waals surface area contributed by atoms with Crippen LogP contribution in [0.1, 0.15) is 11.1 Å². The lowest BCUT2D eigenvalue weighted by molar-refractivity contribution is -0.387. The van der Waals surface area contributed by atoms with E-state index >= 15 is 0 Å². The number of nitro groups is 1. The fourth-order valence-electron chi connectivity index (χ4n) is 2.86. The van der Waals surface area contributed by atoms with Crippen LogP contribution < -0.4 is 9.62 Å². The summed E-state index contributed by atoms with van der Waals surface area (Å²) >= 11 is 0. The lowest BCUT2D eigenvalue weighted by Gasteiger charge is -2.24. The van der Waals surface area contributed by atoms with Gasteiger partial charge < -0.3 is 5.32 Å². The normalized spacial score (nSPS) is 14.8. The summed E-state index contributed by atoms with van der Waals surface area (Å²) in [5, 5.41) is 14.4. The number of nitro benzene ring substituents is 1. The van der Waals surface area contributed by atoms with Gasteiger partial charge in [-0.2, -0.15) is 0 Å². The number of para-hydroxylation sites is 1. The molecule has 126 valence electrons. The van der Waals surface area contributed by atoms with Crippen molar-refractivity contribution in [3.63, 3.8) is 0 Å². The standard InChI is InChI=1S/C16H17N3O4S/c1-12-5-4-7-14-13(12)11-17-9-10-18(14)24(22,23)16-8-3-2-6-15(16)19(20)21/h2-8,17H,9-11H2,1H3. The summed E-state index contributed by atoms with van der Waals surface area (Å²) in [6, 6.07) is 10.9. The number of anilines is 1. The Bertz CT molecular complexity index is 896. The highest BCUT2D eigenvalue weighted by molar-refractivity contribution is 7.93. The average molecular weight is 347 g/mol. The molecule has 1 N–H and O–H groups in total. The van der Waals surface area contributed by atoms with Crippen LogP contribution in [0.15, 0.2) is 47.4 Å². The largest absolute Gasteiger partial charge is 0.311 e. The van der Waals surface area contributed by atoms with Gasteiger partial charge in [-0.15, -0.1) is 0 Å². The molecule has 1 heterocycles. The Morgan fingerprint density at radius 3 is 2.67 bits per heavy atom. The summed E-state index contributed by atoms with van der Waals surface area (Å²) in [4.78, 5) is 10.3. The van der Waals surface area contributed by atoms with E-state index in [-0.39, 0.29) is 11.4 Å². The zero-order valence-corrected chi connectivity index (χ0v) is 13.9. The van der Waals surface area contributed by atoms with Crippen LogP contribution in [0.4, 0.5) is 11.4 Å². The first-order valence-corrected chi connectivity index (χ1v) is 8.92. The fourth-order valence-corrected chi connectivity index (χ4v) is 4.52. The van der Waals surface area contributed by atoms with E-state index in [1.54, 1.807) is 12.1 Å². The molecule has 0 saturated heterocycles. The second-order valence-electron chi connectivity index (χ2n) is 5.55. The molecule has 1 aliphatic heterocycles. The number of hydrogen-bond donors (Lipinski definition) is 1. The molecular formula is C16H17N3O4S. The summed E-state index contributed by atoms with van der Waals surface area (Å²) < 4.78 is 27.5. The lowest BCUT2D eigenvalue weighted by Crippen LogP contribution is -2.35. The van der Waals surface area contributed by atoms with Gasteiger partial charge in [-0.25, -0.2) is 8.42 Å². The van der Waals surface area contributed by atoms with E-state index in [2.05, 4.69) is 5.32 Å². The van der Waals surface area contributed by atoms with E-state index in [0.29, 0.717) is 18.8 Å². The Kier molecular flexibility index (Phi) is 4.25. The third kappa shape index (κ3) is 2.74. The van der Waals surface area contributed by atoms with Gasteiger partial charge in [0.2, 0.25) is 0 Å². The van der Waals surface area contributed by atoms with E-state index in [0.717, 1.165) is 11.1 Å². The third-order valence-electron chi connectivity index (χ3n) is 4.08. The maximum absolute atomic E-state index is 13.1. The minimum atomic E-state index is -4.04. The predicted octanol–water partition coefficient (Wildman–Crippen LogP) is 2.20. The van der Waals surface area contributed by atoms with Gasteiger partial charge in [0.15, 0.2) is 4.90 Å². The quantitative estimate of drug-likeness (QED) is 0.679. The van der Waals surface area contributed by atoms with Crippen LogP contribution in [-0.2, 0) is 16.6 Å². The molecule has 0 atom stereocenters. The molecule has 24 heavy (non-hydrogen) atoms. The summed E-state index contributed by atoms with van der Waals surface area (Å²) in [6.07, 6.45) is 0. The topological polar surface area (TPSA) is 92.6 Å². The van der Waals surface area contributed by atoms with Gasteiger partial charge in [0.05, 0.1) is 10.6 Å². The van der Waals surface area contributed by atoms with E-state index in [4.69, 9.17) is 0 Å². The Balaban J connectivity index is 2.19. The molecule has 0 unspecified atom stereocenters. The van der Waals surface area contributed by atoms with Crippen molar-refractivity contribution in [2.24, 2.45) is 0 Å². The molecule has 0 saturated carbocycles. The van der Waals surface area contributed by atoms with Gasteiger partial charge in [0, 0.05) is 25.7 Å². The molecule has 0 bridgehead atoms. The van der Waals surface area contributed by atoms with Gasteiger partial charge in [0.1, 0.15) is 0 Å². The van der Waals surface area contributed by atoms with Gasteiger partial charge in [-0.1, -0.05) is 24.3 Å². The molecule has 0 aliphatic carbocycles. The van der Waals surface area contributed by atoms with Crippen LogP contribution in [0.3, 0.4) is 0 Å². The second kappa shape index (κ2) is 6.21. The number of sulfonamides is 1. The number of nitrogens with zero attached hydrogens (tertiary/aromatic N) is 2. The molecule has 8 heteroatoms. The molecule has 0 radical (unpaired) electrons. The molecule has 0 spiro atoms. The van der Waals surface area contributed by atoms with Crippen LogP contribution >= 0.6 is 0 Å². The number of nitrogens with one attached hydrogen (secondary N) is 1. The first kappa shape index (κ1) is 16.4. The number of fused-ring (bicyclic) bond motifs is 1. The number of rotatable bonds is 3. The zero-order valence-electron chi connectivity index (χ0n) is 13.1.